The maximum absolute atomic E-state index is 13.9. The first-order chi connectivity index (χ1) is 21.6. The Morgan fingerprint density at radius 1 is 1.13 bits per heavy atom. The first-order valence-corrected chi connectivity index (χ1v) is 15.6. The number of aromatic nitrogens is 2. The minimum atomic E-state index is -0.330. The number of nitrogens with zero attached hydrogens (tertiary/aromatic N) is 4. The van der Waals surface area contributed by atoms with Gasteiger partial charge in [-0.15, -0.1) is 0 Å². The smallest absolute Gasteiger partial charge is 0.282 e. The molecule has 1 aromatic heterocycles. The number of hydrogen-bond acceptors (Lipinski definition) is 8. The van der Waals surface area contributed by atoms with Gasteiger partial charge in [0.25, 0.3) is 11.5 Å². The Hall–Kier alpha value is -3.93. The average molecular weight is 698 g/mol. The average Bonchev–Trinajstić information content (AvgIpc) is 3.05. The summed E-state index contributed by atoms with van der Waals surface area (Å²) in [5, 5.41) is 5.26. The van der Waals surface area contributed by atoms with Crippen LogP contribution in [0, 0.1) is 6.92 Å². The van der Waals surface area contributed by atoms with Gasteiger partial charge < -0.3 is 23.8 Å². The second-order valence-corrected chi connectivity index (χ2v) is 12.0. The predicted molar refractivity (Wildman–Crippen MR) is 178 cm³/mol. The maximum atomic E-state index is 13.9. The number of benzene rings is 3. The van der Waals surface area contributed by atoms with Crippen molar-refractivity contribution in [3.63, 3.8) is 0 Å². The number of methoxy groups -OCH3 is 2. The molecule has 0 atom stereocenters. The number of rotatable bonds is 9. The van der Waals surface area contributed by atoms with E-state index in [0.29, 0.717) is 58.8 Å². The van der Waals surface area contributed by atoms with Gasteiger partial charge in [-0.3, -0.25) is 9.59 Å². The van der Waals surface area contributed by atoms with E-state index in [4.69, 9.17) is 35.5 Å². The van der Waals surface area contributed by atoms with Crippen LogP contribution in [0.3, 0.4) is 0 Å². The molecule has 2 heterocycles. The molecule has 3 aromatic carbocycles. The highest BCUT2D eigenvalue weighted by atomic mass is 79.9. The molecule has 10 nitrogen and oxygen atoms in total. The number of aryl methyl sites for hydroxylation is 1. The zero-order valence-corrected chi connectivity index (χ0v) is 28.1. The van der Waals surface area contributed by atoms with Gasteiger partial charge in [0.2, 0.25) is 0 Å². The third kappa shape index (κ3) is 6.70. The highest BCUT2D eigenvalue weighted by molar-refractivity contribution is 9.10. The standard InChI is InChI=1S/C33H34BrClN4O6/c1-19(2)23-16-24(20(3)14-26(23)42-4)32-37-25-9-7-6-8-22(25)33(41)39(32)36-17-21-15-27(43-5)31(30(35)29(21)34)45-18-28(40)38-10-12-44-13-11-38/h6-9,14-17,19H,10-13,18H2,1-5H3. The lowest BCUT2D eigenvalue weighted by atomic mass is 9.96. The molecule has 1 fully saturated rings. The number of fused-ring (bicyclic) bond motifs is 1. The van der Waals surface area contributed by atoms with Crippen molar-refractivity contribution in [2.75, 3.05) is 47.1 Å². The van der Waals surface area contributed by atoms with Crippen molar-refractivity contribution in [3.05, 3.63) is 79.0 Å². The highest BCUT2D eigenvalue weighted by Gasteiger charge is 2.22. The van der Waals surface area contributed by atoms with Crippen LogP contribution in [0.4, 0.5) is 0 Å². The van der Waals surface area contributed by atoms with Crippen LogP contribution in [0.1, 0.15) is 36.5 Å². The summed E-state index contributed by atoms with van der Waals surface area (Å²) in [6.45, 7) is 7.89. The summed E-state index contributed by atoms with van der Waals surface area (Å²) in [6, 6.07) is 12.8. The lowest BCUT2D eigenvalue weighted by Crippen LogP contribution is -2.43. The summed E-state index contributed by atoms with van der Waals surface area (Å²) >= 11 is 10.3. The fourth-order valence-electron chi connectivity index (χ4n) is 5.11. The first-order valence-electron chi connectivity index (χ1n) is 14.4. The second kappa shape index (κ2) is 14.0. The molecule has 1 saturated heterocycles. The molecule has 1 aliphatic heterocycles. The van der Waals surface area contributed by atoms with Crippen molar-refractivity contribution < 1.29 is 23.7 Å². The van der Waals surface area contributed by atoms with Crippen LogP contribution in [0.25, 0.3) is 22.3 Å². The molecule has 0 spiro atoms. The molecule has 1 amide bonds. The van der Waals surface area contributed by atoms with Crippen LogP contribution in [-0.4, -0.2) is 73.8 Å². The molecule has 0 saturated carbocycles. The minimum Gasteiger partial charge on any atom is -0.496 e. The van der Waals surface area contributed by atoms with E-state index in [9.17, 15) is 9.59 Å². The Morgan fingerprint density at radius 3 is 2.53 bits per heavy atom. The Morgan fingerprint density at radius 2 is 1.84 bits per heavy atom. The highest BCUT2D eigenvalue weighted by Crippen LogP contribution is 2.42. The lowest BCUT2D eigenvalue weighted by Gasteiger charge is -2.27. The van der Waals surface area contributed by atoms with Crippen molar-refractivity contribution >= 4 is 50.6 Å². The molecule has 0 aliphatic carbocycles. The summed E-state index contributed by atoms with van der Waals surface area (Å²) in [4.78, 5) is 33.1. The third-order valence-electron chi connectivity index (χ3n) is 7.59. The van der Waals surface area contributed by atoms with Gasteiger partial charge in [0.05, 0.1) is 44.6 Å². The van der Waals surface area contributed by atoms with Crippen LogP contribution < -0.4 is 19.8 Å². The fourth-order valence-corrected chi connectivity index (χ4v) is 5.77. The van der Waals surface area contributed by atoms with E-state index >= 15 is 0 Å². The number of hydrogen-bond donors (Lipinski definition) is 0. The number of morpholine rings is 1. The third-order valence-corrected chi connectivity index (χ3v) is 9.03. The predicted octanol–water partition coefficient (Wildman–Crippen LogP) is 6.05. The van der Waals surface area contributed by atoms with E-state index in [0.717, 1.165) is 22.4 Å². The molecule has 0 unspecified atom stereocenters. The van der Waals surface area contributed by atoms with E-state index in [1.54, 1.807) is 36.3 Å². The normalized spacial score (nSPS) is 13.6. The quantitative estimate of drug-likeness (QED) is 0.196. The van der Waals surface area contributed by atoms with Gasteiger partial charge in [-0.1, -0.05) is 37.6 Å². The molecule has 1 aliphatic rings. The van der Waals surface area contributed by atoms with Crippen molar-refractivity contribution in [2.24, 2.45) is 5.10 Å². The van der Waals surface area contributed by atoms with Gasteiger partial charge in [-0.2, -0.15) is 9.78 Å². The zero-order chi connectivity index (χ0) is 32.2. The van der Waals surface area contributed by atoms with Gasteiger partial charge in [0.1, 0.15) is 10.8 Å². The van der Waals surface area contributed by atoms with Crippen LogP contribution in [0.2, 0.25) is 5.02 Å². The van der Waals surface area contributed by atoms with E-state index in [2.05, 4.69) is 34.9 Å². The molecule has 0 radical (unpaired) electrons. The van der Waals surface area contributed by atoms with Gasteiger partial charge in [0, 0.05) is 28.7 Å². The van der Waals surface area contributed by atoms with E-state index in [-0.39, 0.29) is 34.8 Å². The monoisotopic (exact) mass is 696 g/mol. The Kier molecular flexibility index (Phi) is 10.1. The molecular weight excluding hydrogens is 664 g/mol. The van der Waals surface area contributed by atoms with Gasteiger partial charge in [0.15, 0.2) is 23.9 Å². The second-order valence-electron chi connectivity index (χ2n) is 10.8. The Bertz CT molecular complexity index is 1830. The van der Waals surface area contributed by atoms with E-state index < -0.39 is 0 Å². The van der Waals surface area contributed by atoms with Crippen molar-refractivity contribution in [1.82, 2.24) is 14.6 Å². The molecular formula is C33H34BrClN4O6. The molecule has 12 heteroatoms. The molecule has 45 heavy (non-hydrogen) atoms. The molecule has 0 N–H and O–H groups in total. The van der Waals surface area contributed by atoms with E-state index in [1.807, 2.05) is 25.1 Å². The number of para-hydroxylation sites is 1. The number of ether oxygens (including phenoxy) is 4. The lowest BCUT2D eigenvalue weighted by molar-refractivity contribution is -0.137. The largest absolute Gasteiger partial charge is 0.496 e. The van der Waals surface area contributed by atoms with Gasteiger partial charge in [-0.25, -0.2) is 4.98 Å². The van der Waals surface area contributed by atoms with Crippen LogP contribution in [-0.2, 0) is 9.53 Å². The Balaban J connectivity index is 1.57. The molecule has 236 valence electrons. The molecule has 4 aromatic rings. The van der Waals surface area contributed by atoms with E-state index in [1.165, 1.54) is 18.0 Å². The van der Waals surface area contributed by atoms with Crippen LogP contribution in [0.5, 0.6) is 17.2 Å². The number of carbonyl (C=O) groups excluding carboxylic acids is 1. The van der Waals surface area contributed by atoms with Crippen molar-refractivity contribution in [3.8, 4) is 28.6 Å². The number of carbonyl (C=O) groups is 1. The summed E-state index contributed by atoms with van der Waals surface area (Å²) < 4.78 is 24.1. The van der Waals surface area contributed by atoms with Gasteiger partial charge >= 0.3 is 0 Å². The topological polar surface area (TPSA) is 104 Å². The summed E-state index contributed by atoms with van der Waals surface area (Å²) in [5.74, 6) is 1.65. The number of amides is 1. The summed E-state index contributed by atoms with van der Waals surface area (Å²) in [6.07, 6.45) is 1.50. The molecule has 5 rings (SSSR count). The first kappa shape index (κ1) is 32.5. The van der Waals surface area contributed by atoms with Crippen molar-refractivity contribution in [1.29, 1.82) is 0 Å². The molecule has 0 bridgehead atoms. The summed E-state index contributed by atoms with van der Waals surface area (Å²) in [7, 11) is 3.12. The van der Waals surface area contributed by atoms with Crippen LogP contribution >= 0.6 is 27.5 Å². The number of halogens is 2. The maximum Gasteiger partial charge on any atom is 0.282 e. The zero-order valence-electron chi connectivity index (χ0n) is 25.7. The van der Waals surface area contributed by atoms with Crippen molar-refractivity contribution in [2.45, 2.75) is 26.7 Å². The fraction of sp³-hybridized carbons (Fsp3) is 0.333. The van der Waals surface area contributed by atoms with Crippen LogP contribution in [0.15, 0.2) is 56.8 Å². The SMILES string of the molecule is COc1cc(C)c(-c2nc3ccccc3c(=O)n2N=Cc2cc(OC)c(OCC(=O)N3CCOCC3)c(Cl)c2Br)cc1C(C)C. The summed E-state index contributed by atoms with van der Waals surface area (Å²) in [5.41, 5.74) is 3.36. The minimum absolute atomic E-state index is 0.166. The Labute approximate surface area is 274 Å². The van der Waals surface area contributed by atoms with Gasteiger partial charge in [-0.05, 0) is 70.2 Å².